The molecule has 244 valence electrons. The van der Waals surface area contributed by atoms with Crippen molar-refractivity contribution in [1.29, 1.82) is 0 Å². The molecule has 0 saturated carbocycles. The molecular weight excluding hydrogens is 575 g/mol. The number of nitrogens with one attached hydrogen (secondary N) is 2. The number of carbonyl (C=O) groups excluding carboxylic acids is 2. The van der Waals surface area contributed by atoms with E-state index in [9.17, 15) is 18.4 Å². The highest BCUT2D eigenvalue weighted by Crippen LogP contribution is 2.35. The van der Waals surface area contributed by atoms with E-state index in [4.69, 9.17) is 4.74 Å². The molecule has 2 aliphatic heterocycles. The lowest BCUT2D eigenvalue weighted by atomic mass is 10.0. The minimum Gasteiger partial charge on any atom is -0.381 e. The van der Waals surface area contributed by atoms with Crippen LogP contribution in [0.15, 0.2) is 51.7 Å². The third kappa shape index (κ3) is 11.0. The maximum absolute atomic E-state index is 15.4. The number of amides is 2. The largest absolute Gasteiger partial charge is 0.381 e. The van der Waals surface area contributed by atoms with Gasteiger partial charge in [-0.2, -0.15) is 0 Å². The van der Waals surface area contributed by atoms with Crippen LogP contribution in [0, 0.1) is 5.82 Å². The van der Waals surface area contributed by atoms with Crippen molar-refractivity contribution in [3.8, 4) is 0 Å². The molecule has 44 heavy (non-hydrogen) atoms. The molecule has 10 nitrogen and oxygen atoms in total. The van der Waals surface area contributed by atoms with Crippen molar-refractivity contribution >= 4 is 42.2 Å². The normalized spacial score (nSPS) is 19.6. The fourth-order valence-electron chi connectivity index (χ4n) is 4.65. The summed E-state index contributed by atoms with van der Waals surface area (Å²) in [7, 11) is 5.02. The Morgan fingerprint density at radius 1 is 1.18 bits per heavy atom. The van der Waals surface area contributed by atoms with Crippen LogP contribution in [-0.4, -0.2) is 96.1 Å². The SMILES string of the molecule is C1CCOC1.C=N/C=C(\C=NC)c1cc(NC(=O)C(=C/NC=O)/C(=C\C)C(F)F)c(N2CC(C)N(C)C(C)C2)cc1F.CN. The van der Waals surface area contributed by atoms with Crippen molar-refractivity contribution in [2.75, 3.05) is 57.7 Å². The Hall–Kier alpha value is -3.81. The van der Waals surface area contributed by atoms with Crippen molar-refractivity contribution in [2.24, 2.45) is 15.7 Å². The van der Waals surface area contributed by atoms with E-state index in [1.54, 1.807) is 0 Å². The first-order valence-corrected chi connectivity index (χ1v) is 14.3. The molecule has 0 aliphatic carbocycles. The van der Waals surface area contributed by atoms with E-state index in [2.05, 4.69) is 38.0 Å². The van der Waals surface area contributed by atoms with Crippen LogP contribution in [0.5, 0.6) is 0 Å². The maximum Gasteiger partial charge on any atom is 0.264 e. The standard InChI is InChI=1S/C26H33F3N6O2.C4H8O.CH5N/c1-7-19(25(28)29)21(12-32-15-36)26(37)33-23-8-20(18(10-30-4)11-31-5)22(27)9-24(23)35-13-16(2)34(6)17(3)14-35;1-2-4-5-3-1;1-2/h7-12,15-17,25H,4,13-14H2,1-3,5-6H3,(H,32,36)(H,33,37);1-4H2;2H2,1H3/b18-10+,19-7+,21-12+,31-11?;;. The van der Waals surface area contributed by atoms with Crippen LogP contribution in [0.1, 0.15) is 39.2 Å². The number of hydrogen-bond donors (Lipinski definition) is 3. The summed E-state index contributed by atoms with van der Waals surface area (Å²) in [6, 6.07) is 2.97. The fourth-order valence-corrected chi connectivity index (χ4v) is 4.65. The van der Waals surface area contributed by atoms with Crippen molar-refractivity contribution in [1.82, 2.24) is 10.2 Å². The van der Waals surface area contributed by atoms with Gasteiger partial charge in [0.2, 0.25) is 6.41 Å². The number of nitrogens with zero attached hydrogens (tertiary/aromatic N) is 4. The van der Waals surface area contributed by atoms with Crippen LogP contribution in [-0.2, 0) is 14.3 Å². The Morgan fingerprint density at radius 3 is 2.25 bits per heavy atom. The van der Waals surface area contributed by atoms with Crippen LogP contribution < -0.4 is 21.3 Å². The van der Waals surface area contributed by atoms with Gasteiger partial charge in [-0.05, 0) is 66.6 Å². The molecule has 0 bridgehead atoms. The van der Waals surface area contributed by atoms with Crippen molar-refractivity contribution < 1.29 is 27.5 Å². The topological polar surface area (TPSA) is 125 Å². The van der Waals surface area contributed by atoms with Crippen LogP contribution in [0.4, 0.5) is 24.5 Å². The zero-order valence-electron chi connectivity index (χ0n) is 26.4. The minimum atomic E-state index is -2.97. The molecule has 2 fully saturated rings. The maximum atomic E-state index is 15.4. The van der Waals surface area contributed by atoms with E-state index in [1.165, 1.54) is 58.4 Å². The van der Waals surface area contributed by atoms with E-state index in [0.717, 1.165) is 25.5 Å². The van der Waals surface area contributed by atoms with Crippen LogP contribution in [0.3, 0.4) is 0 Å². The second kappa shape index (κ2) is 20.2. The van der Waals surface area contributed by atoms with Crippen molar-refractivity contribution in [3.63, 3.8) is 0 Å². The third-order valence-electron chi connectivity index (χ3n) is 7.07. The zero-order chi connectivity index (χ0) is 33.2. The quantitative estimate of drug-likeness (QED) is 0.155. The number of piperazine rings is 1. The highest BCUT2D eigenvalue weighted by molar-refractivity contribution is 6.12. The lowest BCUT2D eigenvalue weighted by molar-refractivity contribution is -0.112. The number of alkyl halides is 2. The van der Waals surface area contributed by atoms with Crippen LogP contribution in [0.25, 0.3) is 5.57 Å². The molecule has 0 radical (unpaired) electrons. The van der Waals surface area contributed by atoms with Crippen molar-refractivity contribution in [2.45, 2.75) is 52.1 Å². The van der Waals surface area contributed by atoms with E-state index < -0.39 is 29.3 Å². The number of anilines is 2. The highest BCUT2D eigenvalue weighted by Gasteiger charge is 2.30. The molecule has 2 amide bonds. The number of aliphatic imine (C=N–C) groups is 2. The summed E-state index contributed by atoms with van der Waals surface area (Å²) in [6.07, 6.45) is 4.58. The monoisotopic (exact) mass is 621 g/mol. The van der Waals surface area contributed by atoms with Crippen LogP contribution in [0.2, 0.25) is 0 Å². The van der Waals surface area contributed by atoms with Gasteiger partial charge in [0.25, 0.3) is 12.3 Å². The van der Waals surface area contributed by atoms with Gasteiger partial charge in [0.05, 0.1) is 16.9 Å². The Morgan fingerprint density at radius 2 is 1.80 bits per heavy atom. The predicted molar refractivity (Wildman–Crippen MR) is 173 cm³/mol. The number of halogens is 3. The Kier molecular flexibility index (Phi) is 17.5. The summed E-state index contributed by atoms with van der Waals surface area (Å²) in [5, 5.41) is 4.81. The second-order valence-electron chi connectivity index (χ2n) is 9.93. The van der Waals surface area contributed by atoms with Gasteiger partial charge in [-0.25, -0.2) is 13.2 Å². The van der Waals surface area contributed by atoms with Gasteiger partial charge in [0, 0.05) is 80.8 Å². The molecule has 2 unspecified atom stereocenters. The Balaban J connectivity index is 0.00000123. The van der Waals surface area contributed by atoms with Gasteiger partial charge in [0.15, 0.2) is 0 Å². The number of benzene rings is 1. The highest BCUT2D eigenvalue weighted by atomic mass is 19.3. The van der Waals surface area contributed by atoms with Gasteiger partial charge in [-0.3, -0.25) is 24.5 Å². The summed E-state index contributed by atoms with van der Waals surface area (Å²) in [5.74, 6) is -1.48. The third-order valence-corrected chi connectivity index (χ3v) is 7.07. The molecule has 1 aromatic carbocycles. The number of ether oxygens (including phenoxy) is 1. The molecule has 1 aromatic rings. The molecule has 2 atom stereocenters. The Bertz CT molecular complexity index is 1190. The summed E-state index contributed by atoms with van der Waals surface area (Å²) in [4.78, 5) is 35.8. The molecule has 4 N–H and O–H groups in total. The second-order valence-corrected chi connectivity index (χ2v) is 9.93. The molecule has 13 heteroatoms. The van der Waals surface area contributed by atoms with Gasteiger partial charge in [0.1, 0.15) is 5.82 Å². The molecule has 2 saturated heterocycles. The van der Waals surface area contributed by atoms with Gasteiger partial charge in [-0.1, -0.05) is 6.08 Å². The van der Waals surface area contributed by atoms with Gasteiger partial charge >= 0.3 is 0 Å². The molecule has 0 spiro atoms. The summed E-state index contributed by atoms with van der Waals surface area (Å²) in [5.41, 5.74) is 4.49. The summed E-state index contributed by atoms with van der Waals surface area (Å²) >= 11 is 0. The number of hydrogen-bond acceptors (Lipinski definition) is 8. The van der Waals surface area contributed by atoms with Gasteiger partial charge < -0.3 is 26.0 Å². The predicted octanol–water partition coefficient (Wildman–Crippen LogP) is 4.25. The lowest BCUT2D eigenvalue weighted by Crippen LogP contribution is -2.55. The smallest absolute Gasteiger partial charge is 0.264 e. The van der Waals surface area contributed by atoms with E-state index >= 15 is 4.39 Å². The average Bonchev–Trinajstić information content (AvgIpc) is 3.60. The molecule has 3 rings (SSSR count). The summed E-state index contributed by atoms with van der Waals surface area (Å²) in [6.45, 7) is 11.9. The number of rotatable bonds is 10. The lowest BCUT2D eigenvalue weighted by Gasteiger charge is -2.44. The van der Waals surface area contributed by atoms with Gasteiger partial charge in [-0.15, -0.1) is 0 Å². The average molecular weight is 622 g/mol. The van der Waals surface area contributed by atoms with Crippen molar-refractivity contribution in [3.05, 3.63) is 53.1 Å². The first kappa shape index (κ1) is 38.2. The molecule has 2 aliphatic rings. The van der Waals surface area contributed by atoms with E-state index in [-0.39, 0.29) is 29.7 Å². The fraction of sp³-hybridized carbons (Fsp3) is 0.484. The molecule has 2 heterocycles. The first-order chi connectivity index (χ1) is 21.1. The Labute approximate surface area is 258 Å². The van der Waals surface area contributed by atoms with E-state index in [1.807, 2.05) is 25.8 Å². The number of carbonyl (C=O) groups is 2. The number of likely N-dealkylation sites (N-methyl/N-ethyl adjacent to an activating group) is 1. The molecule has 0 aromatic heterocycles. The minimum absolute atomic E-state index is 0.0870. The van der Waals surface area contributed by atoms with Crippen LogP contribution >= 0.6 is 0 Å². The first-order valence-electron chi connectivity index (χ1n) is 14.3. The molecular formula is C31H46F3N7O3. The summed E-state index contributed by atoms with van der Waals surface area (Å²) < 4.78 is 47.7. The van der Waals surface area contributed by atoms with E-state index in [0.29, 0.717) is 24.4 Å². The zero-order valence-corrected chi connectivity index (χ0v) is 26.4. The number of nitrogens with two attached hydrogens (primary N) is 1. The number of allylic oxidation sites excluding steroid dienone is 2.